The fourth-order valence-corrected chi connectivity index (χ4v) is 2.17. The molecule has 2 amide bonds. The van der Waals surface area contributed by atoms with Gasteiger partial charge in [-0.3, -0.25) is 4.98 Å². The molecule has 5 heteroatoms. The molecule has 0 aliphatic carbocycles. The molecule has 0 unspecified atom stereocenters. The second-order valence-corrected chi connectivity index (χ2v) is 4.48. The molecule has 1 saturated heterocycles. The van der Waals surface area contributed by atoms with Crippen molar-refractivity contribution in [1.29, 1.82) is 0 Å². The number of anilines is 1. The number of hydrogen-bond acceptors (Lipinski definition) is 3. The van der Waals surface area contributed by atoms with Crippen LogP contribution in [0.15, 0.2) is 24.5 Å². The van der Waals surface area contributed by atoms with Gasteiger partial charge in [0.2, 0.25) is 0 Å². The van der Waals surface area contributed by atoms with Gasteiger partial charge in [-0.15, -0.1) is 0 Å². The van der Waals surface area contributed by atoms with Crippen LogP contribution in [-0.4, -0.2) is 41.6 Å². The highest BCUT2D eigenvalue weighted by molar-refractivity contribution is 5.74. The maximum atomic E-state index is 11.6. The summed E-state index contributed by atoms with van der Waals surface area (Å²) in [5.41, 5.74) is 1.05. The Balaban J connectivity index is 1.78. The van der Waals surface area contributed by atoms with Crippen LogP contribution in [0, 0.1) is 0 Å². The molecule has 18 heavy (non-hydrogen) atoms. The number of piperidine rings is 1. The van der Waals surface area contributed by atoms with E-state index in [1.807, 2.05) is 30.2 Å². The number of amides is 2. The highest BCUT2D eigenvalue weighted by Gasteiger charge is 2.22. The van der Waals surface area contributed by atoms with Crippen molar-refractivity contribution in [1.82, 2.24) is 15.2 Å². The summed E-state index contributed by atoms with van der Waals surface area (Å²) in [6.07, 6.45) is 5.55. The number of urea groups is 1. The van der Waals surface area contributed by atoms with Gasteiger partial charge >= 0.3 is 6.03 Å². The number of nitrogens with one attached hydrogen (secondary N) is 2. The molecule has 0 spiro atoms. The number of nitrogens with zero attached hydrogens (tertiary/aromatic N) is 2. The summed E-state index contributed by atoms with van der Waals surface area (Å²) in [6.45, 7) is 4.24. The van der Waals surface area contributed by atoms with Crippen molar-refractivity contribution in [3.05, 3.63) is 24.5 Å². The smallest absolute Gasteiger partial charge is 0.317 e. The summed E-state index contributed by atoms with van der Waals surface area (Å²) >= 11 is 0. The quantitative estimate of drug-likeness (QED) is 0.855. The molecular formula is C13H20N4O. The van der Waals surface area contributed by atoms with Gasteiger partial charge in [-0.05, 0) is 31.9 Å². The molecule has 0 saturated carbocycles. The molecule has 2 N–H and O–H groups in total. The zero-order valence-corrected chi connectivity index (χ0v) is 10.7. The van der Waals surface area contributed by atoms with Gasteiger partial charge in [0.25, 0.3) is 0 Å². The fraction of sp³-hybridized carbons (Fsp3) is 0.538. The molecule has 1 fully saturated rings. The largest absolute Gasteiger partial charge is 0.381 e. The average Bonchev–Trinajstić information content (AvgIpc) is 2.41. The van der Waals surface area contributed by atoms with Crippen LogP contribution in [-0.2, 0) is 0 Å². The third-order valence-corrected chi connectivity index (χ3v) is 3.14. The van der Waals surface area contributed by atoms with Crippen LogP contribution in [0.25, 0.3) is 0 Å². The summed E-state index contributed by atoms with van der Waals surface area (Å²) in [4.78, 5) is 17.6. The van der Waals surface area contributed by atoms with Crippen LogP contribution in [0.1, 0.15) is 19.8 Å². The topological polar surface area (TPSA) is 57.3 Å². The molecule has 2 heterocycles. The van der Waals surface area contributed by atoms with Crippen molar-refractivity contribution in [3.8, 4) is 0 Å². The van der Waals surface area contributed by atoms with Crippen molar-refractivity contribution in [2.24, 2.45) is 0 Å². The molecular weight excluding hydrogens is 228 g/mol. The van der Waals surface area contributed by atoms with Gasteiger partial charge in [0.1, 0.15) is 0 Å². The number of rotatable bonds is 3. The number of carbonyl (C=O) groups is 1. The summed E-state index contributed by atoms with van der Waals surface area (Å²) in [7, 11) is 0. The van der Waals surface area contributed by atoms with E-state index in [0.29, 0.717) is 12.6 Å². The zero-order chi connectivity index (χ0) is 12.8. The van der Waals surface area contributed by atoms with Crippen LogP contribution < -0.4 is 10.6 Å². The molecule has 1 aliphatic rings. The second kappa shape index (κ2) is 6.23. The Bertz CT molecular complexity index is 374. The van der Waals surface area contributed by atoms with Crippen LogP contribution in [0.3, 0.4) is 0 Å². The molecule has 0 radical (unpaired) electrons. The van der Waals surface area contributed by atoms with Gasteiger partial charge < -0.3 is 15.5 Å². The number of likely N-dealkylation sites (tertiary alicyclic amines) is 1. The van der Waals surface area contributed by atoms with E-state index in [2.05, 4.69) is 15.6 Å². The number of hydrogen-bond donors (Lipinski definition) is 2. The van der Waals surface area contributed by atoms with E-state index in [-0.39, 0.29) is 6.03 Å². The zero-order valence-electron chi connectivity index (χ0n) is 10.7. The molecule has 5 nitrogen and oxygen atoms in total. The predicted octanol–water partition coefficient (Wildman–Crippen LogP) is 1.69. The van der Waals surface area contributed by atoms with Crippen LogP contribution in [0.5, 0.6) is 0 Å². The van der Waals surface area contributed by atoms with E-state index in [0.717, 1.165) is 31.6 Å². The van der Waals surface area contributed by atoms with E-state index in [1.165, 1.54) is 0 Å². The average molecular weight is 248 g/mol. The summed E-state index contributed by atoms with van der Waals surface area (Å²) < 4.78 is 0. The van der Waals surface area contributed by atoms with Crippen LogP contribution in [0.2, 0.25) is 0 Å². The highest BCUT2D eigenvalue weighted by atomic mass is 16.2. The van der Waals surface area contributed by atoms with Gasteiger partial charge in [-0.25, -0.2) is 4.79 Å². The van der Waals surface area contributed by atoms with Crippen molar-refractivity contribution >= 4 is 11.7 Å². The first kappa shape index (κ1) is 12.7. The SMILES string of the molecule is CCNC(=O)N1CCC(Nc2cccnc2)CC1. The Hall–Kier alpha value is -1.78. The Morgan fingerprint density at radius 3 is 2.89 bits per heavy atom. The standard InChI is InChI=1S/C13H20N4O/c1-2-15-13(18)17-8-5-11(6-9-17)16-12-4-3-7-14-10-12/h3-4,7,10-11,16H,2,5-6,8-9H2,1H3,(H,15,18). The van der Waals surface area contributed by atoms with Crippen molar-refractivity contribution in [2.45, 2.75) is 25.8 Å². The minimum atomic E-state index is 0.0531. The minimum Gasteiger partial charge on any atom is -0.381 e. The number of aromatic nitrogens is 1. The lowest BCUT2D eigenvalue weighted by Gasteiger charge is -2.32. The van der Waals surface area contributed by atoms with Gasteiger partial charge in [-0.2, -0.15) is 0 Å². The Morgan fingerprint density at radius 2 is 2.28 bits per heavy atom. The summed E-state index contributed by atoms with van der Waals surface area (Å²) in [6, 6.07) is 4.42. The monoisotopic (exact) mass is 248 g/mol. The Morgan fingerprint density at radius 1 is 1.50 bits per heavy atom. The highest BCUT2D eigenvalue weighted by Crippen LogP contribution is 2.15. The molecule has 98 valence electrons. The van der Waals surface area contributed by atoms with Crippen LogP contribution >= 0.6 is 0 Å². The molecule has 1 aliphatic heterocycles. The van der Waals surface area contributed by atoms with Crippen molar-refractivity contribution in [2.75, 3.05) is 25.0 Å². The lowest BCUT2D eigenvalue weighted by molar-refractivity contribution is 0.184. The minimum absolute atomic E-state index is 0.0531. The number of pyridine rings is 1. The lowest BCUT2D eigenvalue weighted by atomic mass is 10.1. The van der Waals surface area contributed by atoms with Gasteiger partial charge in [-0.1, -0.05) is 0 Å². The van der Waals surface area contributed by atoms with Crippen molar-refractivity contribution in [3.63, 3.8) is 0 Å². The fourth-order valence-electron chi connectivity index (χ4n) is 2.17. The Kier molecular flexibility index (Phi) is 4.39. The van der Waals surface area contributed by atoms with E-state index in [1.54, 1.807) is 6.20 Å². The molecule has 1 aromatic heterocycles. The van der Waals surface area contributed by atoms with E-state index >= 15 is 0 Å². The second-order valence-electron chi connectivity index (χ2n) is 4.48. The maximum absolute atomic E-state index is 11.6. The molecule has 2 rings (SSSR count). The molecule has 0 bridgehead atoms. The normalized spacial score (nSPS) is 16.4. The third kappa shape index (κ3) is 3.35. The van der Waals surface area contributed by atoms with Crippen LogP contribution in [0.4, 0.5) is 10.5 Å². The Labute approximate surface area is 108 Å². The lowest BCUT2D eigenvalue weighted by Crippen LogP contribution is -2.46. The first-order chi connectivity index (χ1) is 8.79. The third-order valence-electron chi connectivity index (χ3n) is 3.14. The van der Waals surface area contributed by atoms with Gasteiger partial charge in [0, 0.05) is 38.1 Å². The van der Waals surface area contributed by atoms with Gasteiger partial charge in [0.15, 0.2) is 0 Å². The first-order valence-electron chi connectivity index (χ1n) is 6.49. The summed E-state index contributed by atoms with van der Waals surface area (Å²) in [5, 5.41) is 6.29. The predicted molar refractivity (Wildman–Crippen MR) is 71.5 cm³/mol. The summed E-state index contributed by atoms with van der Waals surface area (Å²) in [5.74, 6) is 0. The van der Waals surface area contributed by atoms with Crippen molar-refractivity contribution < 1.29 is 4.79 Å². The number of carbonyl (C=O) groups excluding carboxylic acids is 1. The van der Waals surface area contributed by atoms with E-state index < -0.39 is 0 Å². The molecule has 0 aromatic carbocycles. The molecule has 0 atom stereocenters. The van der Waals surface area contributed by atoms with E-state index in [9.17, 15) is 4.79 Å². The van der Waals surface area contributed by atoms with E-state index in [4.69, 9.17) is 0 Å². The van der Waals surface area contributed by atoms with Gasteiger partial charge in [0.05, 0.1) is 5.69 Å². The first-order valence-corrected chi connectivity index (χ1v) is 6.49. The molecule has 1 aromatic rings. The maximum Gasteiger partial charge on any atom is 0.317 e.